The number of aryl methyl sites for hydroxylation is 1. The van der Waals surface area contributed by atoms with E-state index in [0.29, 0.717) is 43.5 Å². The molecule has 3 N–H and O–H groups in total. The highest BCUT2D eigenvalue weighted by molar-refractivity contribution is 8.00. The molecule has 0 bridgehead atoms. The van der Waals surface area contributed by atoms with Crippen LogP contribution in [0.3, 0.4) is 0 Å². The zero-order valence-corrected chi connectivity index (χ0v) is 16.8. The van der Waals surface area contributed by atoms with Crippen LogP contribution in [0.2, 0.25) is 11.8 Å². The molecule has 3 heterocycles. The minimum Gasteiger partial charge on any atom is -0.449 e. The second-order valence-corrected chi connectivity index (χ2v) is 8.19. The first-order valence-electron chi connectivity index (χ1n) is 8.03. The zero-order chi connectivity index (χ0) is 18.8. The predicted molar refractivity (Wildman–Crippen MR) is 107 cm³/mol. The van der Waals surface area contributed by atoms with Crippen molar-refractivity contribution in [1.29, 1.82) is 0 Å². The molecule has 0 spiro atoms. The molecular formula is C15H17BClN5O2S2. The number of anilines is 1. The molecular weight excluding hydrogens is 393 g/mol. The van der Waals surface area contributed by atoms with Gasteiger partial charge in [0.25, 0.3) is 0 Å². The molecule has 7 nitrogen and oxygen atoms in total. The minimum atomic E-state index is -0.531. The maximum absolute atomic E-state index is 11.4. The van der Waals surface area contributed by atoms with Crippen LogP contribution < -0.4 is 5.32 Å². The number of Topliss-reactive ketones (excluding diaryl/α,β-unsaturated/α-hetero) is 1. The smallest absolute Gasteiger partial charge is 0.305 e. The molecule has 0 fully saturated rings. The molecule has 3 aromatic heterocycles. The number of hydrogen-bond acceptors (Lipinski definition) is 8. The quantitative estimate of drug-likeness (QED) is 0.311. The summed E-state index contributed by atoms with van der Waals surface area (Å²) in [6.45, 7) is 4.64. The van der Waals surface area contributed by atoms with Crippen molar-refractivity contribution in [1.82, 2.24) is 19.9 Å². The van der Waals surface area contributed by atoms with Crippen molar-refractivity contribution in [3.8, 4) is 0 Å². The first-order chi connectivity index (χ1) is 12.4. The standard InChI is InChI=1S/C15H17BClN5O2S2/c1-4-8-11(17)10-12(18-6-16(3)24)21-14(22-13(10)19-8)26-15-20-9(5-25-15)7(2)23/h5,24H,4,6H2,1-3H3,(H2,18,19,21,22). The molecule has 0 saturated carbocycles. The van der Waals surface area contributed by atoms with E-state index >= 15 is 0 Å². The van der Waals surface area contributed by atoms with Gasteiger partial charge in [0.1, 0.15) is 17.2 Å². The number of hydrogen-bond donors (Lipinski definition) is 3. The number of fused-ring (bicyclic) bond motifs is 1. The number of nitrogens with zero attached hydrogens (tertiary/aromatic N) is 3. The number of rotatable bonds is 7. The van der Waals surface area contributed by atoms with Gasteiger partial charge in [-0.2, -0.15) is 0 Å². The van der Waals surface area contributed by atoms with Crippen LogP contribution >= 0.6 is 34.7 Å². The van der Waals surface area contributed by atoms with E-state index in [0.717, 1.165) is 12.1 Å². The van der Waals surface area contributed by atoms with Gasteiger partial charge in [-0.25, -0.2) is 15.0 Å². The molecule has 11 heteroatoms. The van der Waals surface area contributed by atoms with Crippen molar-refractivity contribution in [2.45, 2.75) is 36.6 Å². The number of thiazole rings is 1. The summed E-state index contributed by atoms with van der Waals surface area (Å²) in [6, 6.07) is 0. The Morgan fingerprint density at radius 1 is 1.46 bits per heavy atom. The summed E-state index contributed by atoms with van der Waals surface area (Å²) in [7, 11) is 0. The number of carbonyl (C=O) groups is 1. The van der Waals surface area contributed by atoms with Gasteiger partial charge in [-0.3, -0.25) is 4.79 Å². The van der Waals surface area contributed by atoms with Gasteiger partial charge in [0.15, 0.2) is 15.3 Å². The second kappa shape index (κ2) is 7.95. The Morgan fingerprint density at radius 2 is 2.23 bits per heavy atom. The first kappa shape index (κ1) is 19.2. The molecule has 0 aromatic carbocycles. The van der Waals surface area contributed by atoms with E-state index in [2.05, 4.69) is 25.3 Å². The van der Waals surface area contributed by atoms with Gasteiger partial charge in [0.2, 0.25) is 0 Å². The highest BCUT2D eigenvalue weighted by Gasteiger charge is 2.18. The van der Waals surface area contributed by atoms with E-state index in [1.54, 1.807) is 12.2 Å². The third-order valence-electron chi connectivity index (χ3n) is 3.58. The Labute approximate surface area is 164 Å². The van der Waals surface area contributed by atoms with Crippen LogP contribution in [0.15, 0.2) is 14.9 Å². The summed E-state index contributed by atoms with van der Waals surface area (Å²) in [5, 5.41) is 16.2. The second-order valence-electron chi connectivity index (χ2n) is 5.74. The molecule has 0 amide bonds. The van der Waals surface area contributed by atoms with E-state index in [1.807, 2.05) is 6.92 Å². The summed E-state index contributed by atoms with van der Waals surface area (Å²) >= 11 is 9.11. The Morgan fingerprint density at radius 3 is 2.85 bits per heavy atom. The maximum atomic E-state index is 11.4. The lowest BCUT2D eigenvalue weighted by molar-refractivity contribution is 0.101. The minimum absolute atomic E-state index is 0.0764. The molecule has 0 radical (unpaired) electrons. The van der Waals surface area contributed by atoms with Gasteiger partial charge in [0, 0.05) is 24.4 Å². The van der Waals surface area contributed by atoms with Crippen LogP contribution in [-0.4, -0.2) is 44.1 Å². The molecule has 3 rings (SSSR count). The summed E-state index contributed by atoms with van der Waals surface area (Å²) in [6.07, 6.45) is 1.08. The van der Waals surface area contributed by atoms with E-state index in [9.17, 15) is 9.82 Å². The Kier molecular flexibility index (Phi) is 5.86. The first-order valence-corrected chi connectivity index (χ1v) is 10.1. The van der Waals surface area contributed by atoms with Crippen LogP contribution in [-0.2, 0) is 6.42 Å². The van der Waals surface area contributed by atoms with E-state index in [-0.39, 0.29) is 5.78 Å². The molecule has 0 aliphatic heterocycles. The van der Waals surface area contributed by atoms with Crippen molar-refractivity contribution in [3.63, 3.8) is 0 Å². The van der Waals surface area contributed by atoms with Crippen molar-refractivity contribution in [2.24, 2.45) is 0 Å². The molecule has 26 heavy (non-hydrogen) atoms. The molecule has 0 aliphatic carbocycles. The lowest BCUT2D eigenvalue weighted by Crippen LogP contribution is -2.21. The fourth-order valence-corrected chi connectivity index (χ4v) is 4.37. The summed E-state index contributed by atoms with van der Waals surface area (Å²) in [5.41, 5.74) is 1.94. The average molecular weight is 410 g/mol. The van der Waals surface area contributed by atoms with Crippen LogP contribution in [0, 0.1) is 0 Å². The van der Waals surface area contributed by atoms with Gasteiger partial charge < -0.3 is 15.3 Å². The topological polar surface area (TPSA) is 104 Å². The lowest BCUT2D eigenvalue weighted by atomic mass is 9.72. The normalized spacial score (nSPS) is 11.1. The van der Waals surface area contributed by atoms with E-state index in [1.165, 1.54) is 30.0 Å². The van der Waals surface area contributed by atoms with Crippen molar-refractivity contribution < 1.29 is 9.82 Å². The third-order valence-corrected chi connectivity index (χ3v) is 5.80. The number of nitrogens with one attached hydrogen (secondary N) is 2. The predicted octanol–water partition coefficient (Wildman–Crippen LogP) is 3.55. The molecule has 0 aliphatic rings. The number of carbonyl (C=O) groups excluding carboxylic acids is 1. The monoisotopic (exact) mass is 409 g/mol. The number of halogens is 1. The maximum Gasteiger partial charge on any atom is 0.305 e. The van der Waals surface area contributed by atoms with Crippen molar-refractivity contribution in [2.75, 3.05) is 11.8 Å². The Hall–Kier alpha value is -1.62. The molecule has 0 unspecified atom stereocenters. The zero-order valence-electron chi connectivity index (χ0n) is 14.5. The van der Waals surface area contributed by atoms with E-state index in [4.69, 9.17) is 11.6 Å². The van der Waals surface area contributed by atoms with Crippen LogP contribution in [0.1, 0.15) is 30.0 Å². The largest absolute Gasteiger partial charge is 0.449 e. The number of aromatic nitrogens is 4. The van der Waals surface area contributed by atoms with Crippen LogP contribution in [0.5, 0.6) is 0 Å². The van der Waals surface area contributed by atoms with E-state index < -0.39 is 6.92 Å². The highest BCUT2D eigenvalue weighted by Crippen LogP contribution is 2.35. The molecule has 136 valence electrons. The summed E-state index contributed by atoms with van der Waals surface area (Å²) in [5.74, 6) is 0.482. The fourth-order valence-electron chi connectivity index (χ4n) is 2.29. The summed E-state index contributed by atoms with van der Waals surface area (Å²) < 4.78 is 0.685. The van der Waals surface area contributed by atoms with Crippen molar-refractivity contribution in [3.05, 3.63) is 21.8 Å². The lowest BCUT2D eigenvalue weighted by Gasteiger charge is -2.08. The summed E-state index contributed by atoms with van der Waals surface area (Å²) in [4.78, 5) is 28.0. The number of ketones is 1. The Balaban J connectivity index is 2.00. The Bertz CT molecular complexity index is 959. The van der Waals surface area contributed by atoms with Crippen LogP contribution in [0.25, 0.3) is 11.0 Å². The van der Waals surface area contributed by atoms with Gasteiger partial charge in [0.05, 0.1) is 10.4 Å². The molecule has 3 aromatic rings. The molecule has 0 atom stereocenters. The van der Waals surface area contributed by atoms with Gasteiger partial charge in [-0.15, -0.1) is 11.3 Å². The van der Waals surface area contributed by atoms with Gasteiger partial charge in [-0.1, -0.05) is 25.3 Å². The number of H-pyrrole nitrogens is 1. The number of aromatic amines is 1. The van der Waals surface area contributed by atoms with Crippen molar-refractivity contribution >= 4 is 64.2 Å². The average Bonchev–Trinajstić information content (AvgIpc) is 3.17. The third kappa shape index (κ3) is 4.03. The SMILES string of the molecule is CCc1[nH]c2nc(Sc3nc(C(C)=O)cs3)nc(NCB(C)O)c2c1Cl. The van der Waals surface area contributed by atoms with Gasteiger partial charge >= 0.3 is 6.92 Å². The fraction of sp³-hybridized carbons (Fsp3) is 0.333. The highest BCUT2D eigenvalue weighted by atomic mass is 35.5. The van der Waals surface area contributed by atoms with Gasteiger partial charge in [-0.05, 0) is 18.2 Å². The van der Waals surface area contributed by atoms with Crippen LogP contribution in [0.4, 0.5) is 5.82 Å². The molecule has 0 saturated heterocycles.